The molecule has 3 N–H and O–H groups in total. The first kappa shape index (κ1) is 29.5. The summed E-state index contributed by atoms with van der Waals surface area (Å²) in [6.07, 6.45) is 14.5. The molecule has 5 rings (SSSR count). The van der Waals surface area contributed by atoms with Crippen molar-refractivity contribution in [3.05, 3.63) is 71.8 Å². The number of β-amino-alcohol motifs (C(OH)–C–C–N with tert-alkyl or cyclic N) is 1. The molecular formula is C32H47N7O2. The maximum atomic E-state index is 13.5. The summed E-state index contributed by atoms with van der Waals surface area (Å²) in [5, 5.41) is 11.1. The number of hydrogen-bond acceptors (Lipinski definition) is 6. The summed E-state index contributed by atoms with van der Waals surface area (Å²) in [7, 11) is 0. The van der Waals surface area contributed by atoms with E-state index in [1.807, 2.05) is 12.1 Å². The van der Waals surface area contributed by atoms with Crippen molar-refractivity contribution in [2.75, 3.05) is 32.7 Å². The second-order valence-electron chi connectivity index (χ2n) is 12.4. The molecule has 2 saturated heterocycles. The van der Waals surface area contributed by atoms with Gasteiger partial charge < -0.3 is 24.9 Å². The second kappa shape index (κ2) is 13.3. The minimum Gasteiger partial charge on any atom is -0.389 e. The molecule has 0 bridgehead atoms. The monoisotopic (exact) mass is 561 g/mol. The summed E-state index contributed by atoms with van der Waals surface area (Å²) in [6.45, 7) is 11.3. The number of piperidine rings is 1. The highest BCUT2D eigenvalue weighted by Crippen LogP contribution is 2.41. The average molecular weight is 562 g/mol. The number of likely N-dealkylation sites (tertiary alicyclic amines) is 2. The van der Waals surface area contributed by atoms with Crippen LogP contribution in [-0.4, -0.2) is 84.0 Å². The van der Waals surface area contributed by atoms with Crippen LogP contribution in [0.3, 0.4) is 0 Å². The van der Waals surface area contributed by atoms with Gasteiger partial charge in [0.25, 0.3) is 5.91 Å². The van der Waals surface area contributed by atoms with Crippen LogP contribution in [0.5, 0.6) is 0 Å². The summed E-state index contributed by atoms with van der Waals surface area (Å²) in [6, 6.07) is 8.10. The molecule has 0 radical (unpaired) electrons. The highest BCUT2D eigenvalue weighted by molar-refractivity contribution is 5.94. The Morgan fingerprint density at radius 3 is 2.00 bits per heavy atom. The van der Waals surface area contributed by atoms with E-state index in [9.17, 15) is 9.90 Å². The van der Waals surface area contributed by atoms with Crippen LogP contribution in [0.1, 0.15) is 86.4 Å². The van der Waals surface area contributed by atoms with Gasteiger partial charge in [-0.15, -0.1) is 0 Å². The molecular weight excluding hydrogens is 514 g/mol. The number of H-pyrrole nitrogens is 2. The maximum absolute atomic E-state index is 13.5. The number of nitrogens with one attached hydrogen (secondary N) is 2. The van der Waals surface area contributed by atoms with Crippen molar-refractivity contribution in [1.82, 2.24) is 34.6 Å². The minimum absolute atomic E-state index is 0.0407. The Labute approximate surface area is 244 Å². The molecule has 222 valence electrons. The van der Waals surface area contributed by atoms with E-state index >= 15 is 0 Å². The number of benzene rings is 1. The van der Waals surface area contributed by atoms with E-state index in [1.165, 1.54) is 24.8 Å². The molecule has 0 atom stereocenters. The summed E-state index contributed by atoms with van der Waals surface area (Å²) in [5.74, 6) is 1.45. The zero-order valence-electron chi connectivity index (χ0n) is 24.8. The molecule has 4 heterocycles. The van der Waals surface area contributed by atoms with Gasteiger partial charge in [0.2, 0.25) is 0 Å². The normalized spacial score (nSPS) is 17.8. The lowest BCUT2D eigenvalue weighted by molar-refractivity contribution is -0.0270. The zero-order valence-corrected chi connectivity index (χ0v) is 24.8. The molecule has 9 nitrogen and oxygen atoms in total. The van der Waals surface area contributed by atoms with Crippen LogP contribution in [0.2, 0.25) is 0 Å². The van der Waals surface area contributed by atoms with Crippen molar-refractivity contribution >= 4 is 5.91 Å². The SMILES string of the molecule is CCCC(O)(CCC)CN1CCC2(CC1)CCN(Cc1ccc(C(=O)N(Cc3ncc[nH]3)Cc3ncc[nH]3)cc1)C2. The van der Waals surface area contributed by atoms with Crippen molar-refractivity contribution < 1.29 is 9.90 Å². The fourth-order valence-corrected chi connectivity index (χ4v) is 6.91. The number of amides is 1. The zero-order chi connectivity index (χ0) is 28.7. The highest BCUT2D eigenvalue weighted by atomic mass is 16.3. The van der Waals surface area contributed by atoms with Crippen LogP contribution >= 0.6 is 0 Å². The second-order valence-corrected chi connectivity index (χ2v) is 12.4. The third kappa shape index (κ3) is 7.64. The number of hydrogen-bond donors (Lipinski definition) is 3. The Balaban J connectivity index is 1.14. The number of carbonyl (C=O) groups is 1. The predicted octanol–water partition coefficient (Wildman–Crippen LogP) is 4.59. The molecule has 1 spiro atoms. The summed E-state index contributed by atoms with van der Waals surface area (Å²) in [4.78, 5) is 35.1. The highest BCUT2D eigenvalue weighted by Gasteiger charge is 2.41. The van der Waals surface area contributed by atoms with Crippen molar-refractivity contribution in [3.8, 4) is 0 Å². The Kier molecular flexibility index (Phi) is 9.57. The smallest absolute Gasteiger partial charge is 0.254 e. The van der Waals surface area contributed by atoms with Crippen LogP contribution in [0.4, 0.5) is 0 Å². The molecule has 0 aliphatic carbocycles. The molecule has 2 aliphatic rings. The van der Waals surface area contributed by atoms with Gasteiger partial charge in [-0.3, -0.25) is 9.69 Å². The van der Waals surface area contributed by atoms with Crippen molar-refractivity contribution in [1.29, 1.82) is 0 Å². The first-order valence-corrected chi connectivity index (χ1v) is 15.4. The minimum atomic E-state index is -0.530. The molecule has 41 heavy (non-hydrogen) atoms. The largest absolute Gasteiger partial charge is 0.389 e. The van der Waals surface area contributed by atoms with Crippen molar-refractivity contribution in [2.24, 2.45) is 5.41 Å². The van der Waals surface area contributed by atoms with Gasteiger partial charge >= 0.3 is 0 Å². The Morgan fingerprint density at radius 2 is 1.49 bits per heavy atom. The molecule has 1 amide bonds. The van der Waals surface area contributed by atoms with Gasteiger partial charge in [-0.25, -0.2) is 9.97 Å². The van der Waals surface area contributed by atoms with Gasteiger partial charge in [0, 0.05) is 50.0 Å². The van der Waals surface area contributed by atoms with Crippen LogP contribution in [0.25, 0.3) is 0 Å². The van der Waals surface area contributed by atoms with Gasteiger partial charge in [0.05, 0.1) is 18.7 Å². The lowest BCUT2D eigenvalue weighted by Crippen LogP contribution is -2.48. The number of rotatable bonds is 13. The van der Waals surface area contributed by atoms with Gasteiger partial charge in [-0.1, -0.05) is 38.8 Å². The van der Waals surface area contributed by atoms with Gasteiger partial charge in [-0.05, 0) is 74.8 Å². The van der Waals surface area contributed by atoms with Gasteiger partial charge in [0.1, 0.15) is 11.6 Å². The molecule has 2 aromatic heterocycles. The van der Waals surface area contributed by atoms with E-state index in [4.69, 9.17) is 0 Å². The lowest BCUT2D eigenvalue weighted by Gasteiger charge is -2.42. The first-order valence-electron chi connectivity index (χ1n) is 15.4. The van der Waals surface area contributed by atoms with E-state index in [-0.39, 0.29) is 5.91 Å². The van der Waals surface area contributed by atoms with Crippen LogP contribution in [0, 0.1) is 5.41 Å². The number of carbonyl (C=O) groups excluding carboxylic acids is 1. The van der Waals surface area contributed by atoms with E-state index < -0.39 is 5.60 Å². The number of imidazole rings is 2. The van der Waals surface area contributed by atoms with Crippen molar-refractivity contribution in [3.63, 3.8) is 0 Å². The quantitative estimate of drug-likeness (QED) is 0.282. The fourth-order valence-electron chi connectivity index (χ4n) is 6.91. The maximum Gasteiger partial charge on any atom is 0.254 e. The third-order valence-electron chi connectivity index (χ3n) is 9.07. The Hall–Kier alpha value is -3.01. The summed E-state index contributed by atoms with van der Waals surface area (Å²) in [5.41, 5.74) is 1.78. The van der Waals surface area contributed by atoms with Crippen LogP contribution < -0.4 is 0 Å². The number of aromatic amines is 2. The van der Waals surface area contributed by atoms with Crippen molar-refractivity contribution in [2.45, 2.75) is 84.0 Å². The summed E-state index contributed by atoms with van der Waals surface area (Å²) < 4.78 is 0. The van der Waals surface area contributed by atoms with Crippen LogP contribution in [-0.2, 0) is 19.6 Å². The predicted molar refractivity (Wildman–Crippen MR) is 160 cm³/mol. The topological polar surface area (TPSA) is 104 Å². The first-order chi connectivity index (χ1) is 19.9. The van der Waals surface area contributed by atoms with Gasteiger partial charge in [0.15, 0.2) is 0 Å². The van der Waals surface area contributed by atoms with E-state index in [2.05, 4.69) is 55.7 Å². The molecule has 1 aromatic carbocycles. The Bertz CT molecular complexity index is 1160. The molecule has 0 unspecified atom stereocenters. The average Bonchev–Trinajstić information content (AvgIpc) is 3.74. The standard InChI is InChI=1S/C32H47N7O2/c1-3-9-32(41,10-4-2)25-37-18-11-31(12-19-37)13-20-38(24-31)21-26-5-7-27(8-6-26)30(40)39(22-28-33-14-15-34-28)23-29-35-16-17-36-29/h5-8,14-17,41H,3-4,9-13,18-25H2,1-2H3,(H,33,34)(H,35,36). The van der Waals surface area contributed by atoms with E-state index in [1.54, 1.807) is 29.7 Å². The fraction of sp³-hybridized carbons (Fsp3) is 0.594. The summed E-state index contributed by atoms with van der Waals surface area (Å²) >= 11 is 0. The van der Waals surface area contributed by atoms with Crippen LogP contribution in [0.15, 0.2) is 49.1 Å². The molecule has 3 aromatic rings. The van der Waals surface area contributed by atoms with E-state index in [0.29, 0.717) is 24.1 Å². The molecule has 2 fully saturated rings. The van der Waals surface area contributed by atoms with E-state index in [0.717, 1.165) is 76.6 Å². The number of aromatic nitrogens is 4. The molecule has 0 saturated carbocycles. The third-order valence-corrected chi connectivity index (χ3v) is 9.07. The van der Waals surface area contributed by atoms with Gasteiger partial charge in [-0.2, -0.15) is 0 Å². The number of aliphatic hydroxyl groups is 1. The molecule has 2 aliphatic heterocycles. The number of nitrogens with zero attached hydrogens (tertiary/aromatic N) is 5. The lowest BCUT2D eigenvalue weighted by atomic mass is 9.77. The molecule has 9 heteroatoms. The Morgan fingerprint density at radius 1 is 0.927 bits per heavy atom.